The second-order valence-corrected chi connectivity index (χ2v) is 6.00. The lowest BCUT2D eigenvalue weighted by molar-refractivity contribution is -0.142. The number of amides is 1. The number of benzene rings is 1. The molecule has 0 spiro atoms. The number of fused-ring (bicyclic) bond motifs is 1. The van der Waals surface area contributed by atoms with Gasteiger partial charge in [-0.25, -0.2) is 9.97 Å². The average Bonchev–Trinajstić information content (AvgIpc) is 3.16. The number of anilines is 2. The summed E-state index contributed by atoms with van der Waals surface area (Å²) in [4.78, 5) is 24.0. The number of ether oxygens (including phenoxy) is 2. The maximum atomic E-state index is 12.5. The summed E-state index contributed by atoms with van der Waals surface area (Å²) >= 11 is 0. The molecular formula is C17H20N4O3. The van der Waals surface area contributed by atoms with Gasteiger partial charge in [0.05, 0.1) is 30.9 Å². The van der Waals surface area contributed by atoms with Crippen molar-refractivity contribution in [2.75, 3.05) is 43.1 Å². The minimum Gasteiger partial charge on any atom is -0.376 e. The molecule has 1 aromatic heterocycles. The van der Waals surface area contributed by atoms with Crippen LogP contribution < -0.4 is 10.2 Å². The van der Waals surface area contributed by atoms with Gasteiger partial charge in [0.2, 0.25) is 0 Å². The third-order valence-corrected chi connectivity index (χ3v) is 4.31. The third-order valence-electron chi connectivity index (χ3n) is 4.31. The van der Waals surface area contributed by atoms with Crippen LogP contribution in [0.3, 0.4) is 0 Å². The first kappa shape index (κ1) is 15.3. The van der Waals surface area contributed by atoms with E-state index in [1.54, 1.807) is 0 Å². The van der Waals surface area contributed by atoms with E-state index in [0.29, 0.717) is 19.0 Å². The average molecular weight is 328 g/mol. The van der Waals surface area contributed by atoms with Gasteiger partial charge in [0, 0.05) is 13.1 Å². The molecule has 2 aromatic rings. The highest BCUT2D eigenvalue weighted by Crippen LogP contribution is 2.28. The smallest absolute Gasteiger partial charge is 0.257 e. The van der Waals surface area contributed by atoms with Crippen molar-refractivity contribution < 1.29 is 14.3 Å². The highest BCUT2D eigenvalue weighted by Gasteiger charge is 2.26. The second-order valence-electron chi connectivity index (χ2n) is 6.00. The van der Waals surface area contributed by atoms with E-state index in [9.17, 15) is 4.79 Å². The Morgan fingerprint density at radius 1 is 1.12 bits per heavy atom. The lowest BCUT2D eigenvalue weighted by Gasteiger charge is -2.24. The molecule has 3 heterocycles. The molecule has 7 nitrogen and oxygen atoms in total. The minimum absolute atomic E-state index is 0.236. The van der Waals surface area contributed by atoms with Crippen LogP contribution in [-0.2, 0) is 14.3 Å². The van der Waals surface area contributed by atoms with Crippen molar-refractivity contribution >= 4 is 28.6 Å². The molecule has 1 aromatic carbocycles. The van der Waals surface area contributed by atoms with Crippen LogP contribution in [0.5, 0.6) is 0 Å². The monoisotopic (exact) mass is 328 g/mol. The van der Waals surface area contributed by atoms with Crippen LogP contribution in [0.15, 0.2) is 24.3 Å². The van der Waals surface area contributed by atoms with Crippen molar-refractivity contribution in [3.63, 3.8) is 0 Å². The Hall–Kier alpha value is -2.25. The zero-order valence-electron chi connectivity index (χ0n) is 13.4. The fraction of sp³-hybridized carbons (Fsp3) is 0.471. The van der Waals surface area contributed by atoms with Gasteiger partial charge in [-0.3, -0.25) is 4.79 Å². The largest absolute Gasteiger partial charge is 0.376 e. The number of carbonyl (C=O) groups is 1. The van der Waals surface area contributed by atoms with Crippen molar-refractivity contribution in [1.29, 1.82) is 0 Å². The Bertz CT molecular complexity index is 740. The molecule has 4 rings (SSSR count). The van der Waals surface area contributed by atoms with Crippen LogP contribution in [0, 0.1) is 0 Å². The highest BCUT2D eigenvalue weighted by molar-refractivity contribution is 5.97. The molecule has 24 heavy (non-hydrogen) atoms. The molecule has 0 aliphatic carbocycles. The molecular weight excluding hydrogens is 308 g/mol. The molecule has 7 heteroatoms. The number of para-hydroxylation sites is 2. The number of aromatic nitrogens is 2. The van der Waals surface area contributed by atoms with Crippen LogP contribution in [0.25, 0.3) is 11.0 Å². The van der Waals surface area contributed by atoms with Crippen LogP contribution >= 0.6 is 0 Å². The van der Waals surface area contributed by atoms with Gasteiger partial charge < -0.3 is 19.7 Å². The molecule has 1 unspecified atom stereocenters. The molecule has 126 valence electrons. The summed E-state index contributed by atoms with van der Waals surface area (Å²) in [6, 6.07) is 7.68. The van der Waals surface area contributed by atoms with Gasteiger partial charge in [-0.2, -0.15) is 0 Å². The number of nitrogens with zero attached hydrogens (tertiary/aromatic N) is 3. The molecule has 0 bridgehead atoms. The quantitative estimate of drug-likeness (QED) is 0.922. The molecule has 0 radical (unpaired) electrons. The summed E-state index contributed by atoms with van der Waals surface area (Å²) in [6.45, 7) is 3.09. The molecule has 1 amide bonds. The van der Waals surface area contributed by atoms with E-state index >= 15 is 0 Å². The van der Waals surface area contributed by atoms with E-state index in [1.165, 1.54) is 0 Å². The lowest BCUT2D eigenvalue weighted by Crippen LogP contribution is -2.39. The number of nitrogens with one attached hydrogen (secondary N) is 1. The van der Waals surface area contributed by atoms with Crippen molar-refractivity contribution in [2.45, 2.75) is 18.9 Å². The summed E-state index contributed by atoms with van der Waals surface area (Å²) in [5.74, 6) is 0.991. The fourth-order valence-electron chi connectivity index (χ4n) is 3.06. The zero-order chi connectivity index (χ0) is 16.4. The summed E-state index contributed by atoms with van der Waals surface area (Å²) in [5, 5.41) is 2.89. The first-order valence-electron chi connectivity index (χ1n) is 8.33. The third kappa shape index (κ3) is 3.05. The van der Waals surface area contributed by atoms with Crippen molar-refractivity contribution in [3.05, 3.63) is 24.3 Å². The molecule has 1 N–H and O–H groups in total. The van der Waals surface area contributed by atoms with Crippen LogP contribution in [0.1, 0.15) is 12.8 Å². The lowest BCUT2D eigenvalue weighted by atomic mass is 10.3. The van der Waals surface area contributed by atoms with Crippen molar-refractivity contribution in [2.24, 2.45) is 0 Å². The van der Waals surface area contributed by atoms with Crippen molar-refractivity contribution in [3.8, 4) is 0 Å². The first-order chi connectivity index (χ1) is 11.8. The number of hydrogen-bond donors (Lipinski definition) is 1. The molecule has 2 aliphatic heterocycles. The predicted molar refractivity (Wildman–Crippen MR) is 90.2 cm³/mol. The maximum Gasteiger partial charge on any atom is 0.257 e. The Kier molecular flexibility index (Phi) is 4.27. The van der Waals surface area contributed by atoms with E-state index in [1.807, 2.05) is 24.3 Å². The van der Waals surface area contributed by atoms with Gasteiger partial charge in [-0.15, -0.1) is 0 Å². The minimum atomic E-state index is -0.599. The maximum absolute atomic E-state index is 12.5. The highest BCUT2D eigenvalue weighted by atomic mass is 16.6. The first-order valence-corrected chi connectivity index (χ1v) is 8.33. The van der Waals surface area contributed by atoms with Gasteiger partial charge in [-0.1, -0.05) is 12.1 Å². The predicted octanol–water partition coefficient (Wildman–Crippen LogP) is 1.58. The Labute approximate surface area is 140 Å². The molecule has 1 atom stereocenters. The van der Waals surface area contributed by atoms with E-state index in [0.717, 1.165) is 42.8 Å². The Morgan fingerprint density at radius 2 is 1.88 bits per heavy atom. The molecule has 0 saturated carbocycles. The van der Waals surface area contributed by atoms with Crippen LogP contribution in [0.2, 0.25) is 0 Å². The topological polar surface area (TPSA) is 76.6 Å². The van der Waals surface area contributed by atoms with Gasteiger partial charge in [-0.05, 0) is 25.0 Å². The summed E-state index contributed by atoms with van der Waals surface area (Å²) in [7, 11) is 0. The number of carbonyl (C=O) groups excluding carboxylic acids is 1. The Balaban J connectivity index is 1.66. The van der Waals surface area contributed by atoms with Gasteiger partial charge in [0.25, 0.3) is 5.91 Å². The molecule has 2 aliphatic rings. The van der Waals surface area contributed by atoms with Gasteiger partial charge in [0.1, 0.15) is 0 Å². The normalized spacial score (nSPS) is 21.2. The molecule has 2 fully saturated rings. The van der Waals surface area contributed by atoms with E-state index in [4.69, 9.17) is 14.5 Å². The second kappa shape index (κ2) is 6.70. The standard InChI is InChI=1S/C17H20N4O3/c22-17(14-11-23-9-10-24-14)20-15-16(21-7-3-4-8-21)19-13-6-2-1-5-12(13)18-15/h1-2,5-6,14H,3-4,7-11H2,(H,18,20,22). The summed E-state index contributed by atoms with van der Waals surface area (Å²) in [5.41, 5.74) is 1.59. The SMILES string of the molecule is O=C(Nc1nc2ccccc2nc1N1CCCC1)C1COCCO1. The van der Waals surface area contributed by atoms with Gasteiger partial charge in [0.15, 0.2) is 17.7 Å². The molecule has 2 saturated heterocycles. The summed E-state index contributed by atoms with van der Waals surface area (Å²) < 4.78 is 10.8. The number of rotatable bonds is 3. The summed E-state index contributed by atoms with van der Waals surface area (Å²) in [6.07, 6.45) is 1.65. The fourth-order valence-corrected chi connectivity index (χ4v) is 3.06. The number of hydrogen-bond acceptors (Lipinski definition) is 6. The van der Waals surface area contributed by atoms with Crippen LogP contribution in [0.4, 0.5) is 11.6 Å². The van der Waals surface area contributed by atoms with E-state index in [-0.39, 0.29) is 12.5 Å². The van der Waals surface area contributed by atoms with E-state index in [2.05, 4.69) is 15.2 Å². The van der Waals surface area contributed by atoms with Crippen LogP contribution in [-0.4, -0.2) is 54.9 Å². The van der Waals surface area contributed by atoms with Gasteiger partial charge >= 0.3 is 0 Å². The van der Waals surface area contributed by atoms with Crippen molar-refractivity contribution in [1.82, 2.24) is 9.97 Å². The van der Waals surface area contributed by atoms with E-state index < -0.39 is 6.10 Å². The Morgan fingerprint density at radius 3 is 2.58 bits per heavy atom. The zero-order valence-corrected chi connectivity index (χ0v) is 13.4.